The minimum atomic E-state index is -0.450. The van der Waals surface area contributed by atoms with Gasteiger partial charge >= 0.3 is 0 Å². The van der Waals surface area contributed by atoms with Crippen LogP contribution in [0.15, 0.2) is 60.7 Å². The lowest BCUT2D eigenvalue weighted by atomic mass is 9.91. The predicted octanol–water partition coefficient (Wildman–Crippen LogP) is 3.55. The van der Waals surface area contributed by atoms with Gasteiger partial charge in [-0.2, -0.15) is 0 Å². The van der Waals surface area contributed by atoms with E-state index in [1.165, 1.54) is 12.8 Å². The van der Waals surface area contributed by atoms with E-state index in [0.29, 0.717) is 12.3 Å². The van der Waals surface area contributed by atoms with Crippen LogP contribution in [0.2, 0.25) is 0 Å². The molecule has 0 unspecified atom stereocenters. The molecule has 2 aromatic rings. The van der Waals surface area contributed by atoms with Gasteiger partial charge in [-0.25, -0.2) is 0 Å². The second-order valence-corrected chi connectivity index (χ2v) is 6.65. The molecule has 4 nitrogen and oxygen atoms in total. The van der Waals surface area contributed by atoms with Gasteiger partial charge in [-0.15, -0.1) is 0 Å². The van der Waals surface area contributed by atoms with Crippen molar-refractivity contribution in [1.82, 2.24) is 10.9 Å². The Bertz CT molecular complexity index is 655. The van der Waals surface area contributed by atoms with Gasteiger partial charge in [-0.3, -0.25) is 20.4 Å². The molecule has 0 radical (unpaired) electrons. The van der Waals surface area contributed by atoms with E-state index < -0.39 is 5.92 Å². The Labute approximate surface area is 148 Å². The Balaban J connectivity index is 1.66. The molecule has 1 aliphatic rings. The zero-order valence-electron chi connectivity index (χ0n) is 14.3. The molecular weight excluding hydrogens is 312 g/mol. The van der Waals surface area contributed by atoms with Crippen LogP contribution < -0.4 is 10.9 Å². The lowest BCUT2D eigenvalue weighted by Gasteiger charge is -2.18. The smallest absolute Gasteiger partial charge is 0.250 e. The van der Waals surface area contributed by atoms with E-state index in [4.69, 9.17) is 0 Å². The number of amides is 2. The molecule has 0 atom stereocenters. The van der Waals surface area contributed by atoms with Crippen molar-refractivity contribution in [3.05, 3.63) is 71.8 Å². The van der Waals surface area contributed by atoms with Crippen LogP contribution in [0, 0.1) is 5.92 Å². The van der Waals surface area contributed by atoms with Gasteiger partial charge in [0.15, 0.2) is 0 Å². The number of hydrogen-bond donors (Lipinski definition) is 2. The first-order chi connectivity index (χ1) is 12.2. The molecule has 2 N–H and O–H groups in total. The standard InChI is InChI=1S/C21H24N2O2/c24-19(15-16-9-7-8-10-16)22-23-21(25)20(17-11-3-1-4-12-17)18-13-5-2-6-14-18/h1-6,11-14,16,20H,7-10,15H2,(H,22,24)(H,23,25). The topological polar surface area (TPSA) is 58.2 Å². The van der Waals surface area contributed by atoms with Crippen LogP contribution in [0.4, 0.5) is 0 Å². The number of rotatable bonds is 5. The average molecular weight is 336 g/mol. The molecule has 0 saturated heterocycles. The molecule has 130 valence electrons. The summed E-state index contributed by atoms with van der Waals surface area (Å²) in [5.74, 6) is -0.331. The third kappa shape index (κ3) is 4.69. The molecule has 3 rings (SSSR count). The third-order valence-electron chi connectivity index (χ3n) is 4.80. The summed E-state index contributed by atoms with van der Waals surface area (Å²) in [6.45, 7) is 0. The highest BCUT2D eigenvalue weighted by atomic mass is 16.2. The zero-order valence-corrected chi connectivity index (χ0v) is 14.3. The minimum Gasteiger partial charge on any atom is -0.273 e. The van der Waals surface area contributed by atoms with Crippen molar-refractivity contribution in [2.75, 3.05) is 0 Å². The minimum absolute atomic E-state index is 0.111. The molecule has 2 amide bonds. The summed E-state index contributed by atoms with van der Waals surface area (Å²) in [6.07, 6.45) is 5.11. The first kappa shape index (κ1) is 17.2. The number of nitrogens with one attached hydrogen (secondary N) is 2. The van der Waals surface area contributed by atoms with E-state index in [-0.39, 0.29) is 11.8 Å². The second kappa shape index (κ2) is 8.47. The van der Waals surface area contributed by atoms with Crippen molar-refractivity contribution < 1.29 is 9.59 Å². The number of benzene rings is 2. The van der Waals surface area contributed by atoms with Crippen molar-refractivity contribution in [1.29, 1.82) is 0 Å². The van der Waals surface area contributed by atoms with E-state index in [2.05, 4.69) is 10.9 Å². The summed E-state index contributed by atoms with van der Waals surface area (Å²) >= 11 is 0. The zero-order chi connectivity index (χ0) is 17.5. The normalized spacial score (nSPS) is 14.4. The molecule has 1 aliphatic carbocycles. The van der Waals surface area contributed by atoms with Gasteiger partial charge in [0.05, 0.1) is 5.92 Å². The number of carbonyl (C=O) groups is 2. The van der Waals surface area contributed by atoms with E-state index >= 15 is 0 Å². The maximum Gasteiger partial charge on any atom is 0.250 e. The molecule has 25 heavy (non-hydrogen) atoms. The van der Waals surface area contributed by atoms with E-state index in [0.717, 1.165) is 24.0 Å². The SMILES string of the molecule is O=C(CC1CCCC1)NNC(=O)C(c1ccccc1)c1ccccc1. The van der Waals surface area contributed by atoms with Crippen molar-refractivity contribution >= 4 is 11.8 Å². The van der Waals surface area contributed by atoms with E-state index in [1.807, 2.05) is 60.7 Å². The fourth-order valence-corrected chi connectivity index (χ4v) is 3.52. The Hall–Kier alpha value is -2.62. The summed E-state index contributed by atoms with van der Waals surface area (Å²) < 4.78 is 0. The monoisotopic (exact) mass is 336 g/mol. The highest BCUT2D eigenvalue weighted by Gasteiger charge is 2.24. The van der Waals surface area contributed by atoms with Crippen molar-refractivity contribution in [2.45, 2.75) is 38.0 Å². The summed E-state index contributed by atoms with van der Waals surface area (Å²) in [5, 5.41) is 0. The van der Waals surface area contributed by atoms with Gasteiger partial charge in [0.1, 0.15) is 0 Å². The molecule has 0 aromatic heterocycles. The summed E-state index contributed by atoms with van der Waals surface area (Å²) in [6, 6.07) is 19.2. The molecular formula is C21H24N2O2. The maximum absolute atomic E-state index is 12.8. The van der Waals surface area contributed by atoms with Crippen LogP contribution in [0.1, 0.15) is 49.1 Å². The van der Waals surface area contributed by atoms with Gasteiger partial charge in [0.25, 0.3) is 0 Å². The van der Waals surface area contributed by atoms with Gasteiger partial charge in [-0.1, -0.05) is 73.5 Å². The molecule has 4 heteroatoms. The molecule has 0 bridgehead atoms. The number of hydrazine groups is 1. The molecule has 1 fully saturated rings. The lowest BCUT2D eigenvalue weighted by Crippen LogP contribution is -2.44. The van der Waals surface area contributed by atoms with E-state index in [9.17, 15) is 9.59 Å². The number of carbonyl (C=O) groups excluding carboxylic acids is 2. The van der Waals surface area contributed by atoms with Gasteiger partial charge < -0.3 is 0 Å². The van der Waals surface area contributed by atoms with Gasteiger partial charge in [0, 0.05) is 6.42 Å². The lowest BCUT2D eigenvalue weighted by molar-refractivity contribution is -0.129. The van der Waals surface area contributed by atoms with Crippen LogP contribution in [-0.4, -0.2) is 11.8 Å². The molecule has 2 aromatic carbocycles. The Morgan fingerprint density at radius 1 is 0.840 bits per heavy atom. The fourth-order valence-electron chi connectivity index (χ4n) is 3.52. The Morgan fingerprint density at radius 2 is 1.36 bits per heavy atom. The molecule has 0 heterocycles. The second-order valence-electron chi connectivity index (χ2n) is 6.65. The highest BCUT2D eigenvalue weighted by molar-refractivity contribution is 5.89. The van der Waals surface area contributed by atoms with Crippen LogP contribution in [0.3, 0.4) is 0 Å². The van der Waals surface area contributed by atoms with Crippen LogP contribution >= 0.6 is 0 Å². The third-order valence-corrected chi connectivity index (χ3v) is 4.80. The van der Waals surface area contributed by atoms with Gasteiger partial charge in [0.2, 0.25) is 11.8 Å². The molecule has 0 spiro atoms. The highest BCUT2D eigenvalue weighted by Crippen LogP contribution is 2.27. The maximum atomic E-state index is 12.8. The van der Waals surface area contributed by atoms with Crippen LogP contribution in [0.25, 0.3) is 0 Å². The average Bonchev–Trinajstić information content (AvgIpc) is 3.15. The predicted molar refractivity (Wildman–Crippen MR) is 97.6 cm³/mol. The number of hydrogen-bond acceptors (Lipinski definition) is 2. The first-order valence-electron chi connectivity index (χ1n) is 8.92. The van der Waals surface area contributed by atoms with Gasteiger partial charge in [-0.05, 0) is 29.9 Å². The quantitative estimate of drug-likeness (QED) is 0.821. The van der Waals surface area contributed by atoms with Crippen molar-refractivity contribution in [3.63, 3.8) is 0 Å². The summed E-state index contributed by atoms with van der Waals surface area (Å²) in [4.78, 5) is 24.8. The van der Waals surface area contributed by atoms with Crippen molar-refractivity contribution in [3.8, 4) is 0 Å². The van der Waals surface area contributed by atoms with E-state index in [1.54, 1.807) is 0 Å². The van der Waals surface area contributed by atoms with Crippen molar-refractivity contribution in [2.24, 2.45) is 5.92 Å². The largest absolute Gasteiger partial charge is 0.273 e. The molecule has 1 saturated carbocycles. The fraction of sp³-hybridized carbons (Fsp3) is 0.333. The first-order valence-corrected chi connectivity index (χ1v) is 8.92. The Morgan fingerprint density at radius 3 is 1.88 bits per heavy atom. The summed E-state index contributed by atoms with van der Waals surface area (Å²) in [5.41, 5.74) is 7.00. The Kier molecular flexibility index (Phi) is 5.83. The van der Waals surface area contributed by atoms with Crippen LogP contribution in [-0.2, 0) is 9.59 Å². The molecule has 0 aliphatic heterocycles. The summed E-state index contributed by atoms with van der Waals surface area (Å²) in [7, 11) is 0. The van der Waals surface area contributed by atoms with Crippen LogP contribution in [0.5, 0.6) is 0 Å².